The minimum Gasteiger partial charge on any atom is -0.391 e. The molecule has 2 aromatic heterocycles. The van der Waals surface area contributed by atoms with Gasteiger partial charge in [-0.1, -0.05) is 26.0 Å². The molecule has 0 saturated carbocycles. The molecule has 0 radical (unpaired) electrons. The number of aliphatic hydroxyl groups is 1. The zero-order chi connectivity index (χ0) is 24.1. The number of hydrogen-bond donors (Lipinski definition) is 5. The Bertz CT molecular complexity index is 1130. The monoisotopic (exact) mass is 485 g/mol. The third kappa shape index (κ3) is 5.78. The van der Waals surface area contributed by atoms with Crippen molar-refractivity contribution in [3.63, 3.8) is 0 Å². The molecule has 4 rings (SSSR count). The number of nitrogens with one attached hydrogen (secondary N) is 4. The van der Waals surface area contributed by atoms with Gasteiger partial charge in [0.1, 0.15) is 17.5 Å². The molecule has 0 bridgehead atoms. The van der Waals surface area contributed by atoms with E-state index in [1.54, 1.807) is 0 Å². The van der Waals surface area contributed by atoms with Gasteiger partial charge in [-0.05, 0) is 36.6 Å². The highest BCUT2D eigenvalue weighted by Crippen LogP contribution is 2.25. The van der Waals surface area contributed by atoms with Gasteiger partial charge in [-0.25, -0.2) is 4.98 Å². The molecule has 3 aromatic rings. The molecule has 1 amide bonds. The molecular weight excluding hydrogens is 454 g/mol. The van der Waals surface area contributed by atoms with Gasteiger partial charge in [0.15, 0.2) is 5.65 Å². The molecule has 1 fully saturated rings. The van der Waals surface area contributed by atoms with Gasteiger partial charge in [0.05, 0.1) is 12.3 Å². The highest BCUT2D eigenvalue weighted by Gasteiger charge is 2.23. The second-order valence-corrected chi connectivity index (χ2v) is 9.22. The molecule has 0 aliphatic carbocycles. The second kappa shape index (κ2) is 11.0. The van der Waals surface area contributed by atoms with E-state index in [4.69, 9.17) is 16.6 Å². The predicted octanol–water partition coefficient (Wildman–Crippen LogP) is 3.02. The van der Waals surface area contributed by atoms with Gasteiger partial charge >= 0.3 is 0 Å². The molecule has 0 spiro atoms. The molecule has 5 N–H and O–H groups in total. The number of benzene rings is 1. The van der Waals surface area contributed by atoms with Crippen LogP contribution in [0.5, 0.6) is 0 Å². The van der Waals surface area contributed by atoms with Crippen molar-refractivity contribution < 1.29 is 9.90 Å². The first kappa shape index (κ1) is 24.3. The summed E-state index contributed by atoms with van der Waals surface area (Å²) in [6, 6.07) is 9.57. The number of nitrogens with zero attached hydrogens (tertiary/aromatic N) is 3. The number of alkyl halides is 1. The first-order chi connectivity index (χ1) is 16.4. The van der Waals surface area contributed by atoms with E-state index >= 15 is 0 Å². The number of hydrogen-bond acceptors (Lipinski definition) is 7. The number of carbonyl (C=O) groups excluding carboxylic acids is 1. The topological polar surface area (TPSA) is 116 Å². The van der Waals surface area contributed by atoms with Crippen molar-refractivity contribution in [3.05, 3.63) is 47.7 Å². The number of halogens is 1. The molecule has 1 aliphatic heterocycles. The van der Waals surface area contributed by atoms with E-state index in [9.17, 15) is 9.90 Å². The van der Waals surface area contributed by atoms with E-state index < -0.39 is 0 Å². The molecule has 9 nitrogen and oxygen atoms in total. The van der Waals surface area contributed by atoms with Crippen molar-refractivity contribution in [1.82, 2.24) is 19.9 Å². The number of amides is 1. The average molecular weight is 486 g/mol. The number of aliphatic hydroxyl groups excluding tert-OH is 1. The number of fused-ring (bicyclic) bond motifs is 1. The second-order valence-electron chi connectivity index (χ2n) is 8.95. The van der Waals surface area contributed by atoms with E-state index in [-0.39, 0.29) is 29.7 Å². The smallest absolute Gasteiger partial charge is 0.239 e. The Morgan fingerprint density at radius 1 is 1.32 bits per heavy atom. The Morgan fingerprint density at radius 3 is 2.94 bits per heavy atom. The maximum atomic E-state index is 11.6. The number of carbonyl (C=O) groups is 1. The van der Waals surface area contributed by atoms with Crippen molar-refractivity contribution in [3.8, 4) is 0 Å². The number of aromatic nitrogens is 3. The third-order valence-corrected chi connectivity index (χ3v) is 6.30. The fourth-order valence-electron chi connectivity index (χ4n) is 4.12. The predicted molar refractivity (Wildman–Crippen MR) is 136 cm³/mol. The minimum atomic E-state index is -0.365. The lowest BCUT2D eigenvalue weighted by Gasteiger charge is -2.28. The maximum absolute atomic E-state index is 11.6. The van der Waals surface area contributed by atoms with Crippen LogP contribution in [-0.4, -0.2) is 57.2 Å². The van der Waals surface area contributed by atoms with Gasteiger partial charge in [0.2, 0.25) is 5.91 Å². The fraction of sp³-hybridized carbons (Fsp3) is 0.458. The van der Waals surface area contributed by atoms with Gasteiger partial charge in [0, 0.05) is 42.9 Å². The highest BCUT2D eigenvalue weighted by molar-refractivity contribution is 6.29. The van der Waals surface area contributed by atoms with Crippen LogP contribution in [-0.2, 0) is 11.3 Å². The maximum Gasteiger partial charge on any atom is 0.239 e. The Labute approximate surface area is 204 Å². The van der Waals surface area contributed by atoms with Crippen molar-refractivity contribution in [2.45, 2.75) is 38.8 Å². The van der Waals surface area contributed by atoms with Gasteiger partial charge in [-0.2, -0.15) is 9.61 Å². The van der Waals surface area contributed by atoms with Crippen LogP contribution < -0.4 is 21.3 Å². The molecule has 1 aliphatic rings. The van der Waals surface area contributed by atoms with E-state index in [2.05, 4.69) is 40.2 Å². The zero-order valence-corrected chi connectivity index (χ0v) is 20.3. The van der Waals surface area contributed by atoms with E-state index in [0.717, 1.165) is 41.4 Å². The summed E-state index contributed by atoms with van der Waals surface area (Å²) < 4.78 is 1.82. The fourth-order valence-corrected chi connectivity index (χ4v) is 4.19. The van der Waals surface area contributed by atoms with Gasteiger partial charge in [-0.15, -0.1) is 11.6 Å². The summed E-state index contributed by atoms with van der Waals surface area (Å²) in [6.07, 6.45) is 2.42. The van der Waals surface area contributed by atoms with Crippen molar-refractivity contribution >= 4 is 40.5 Å². The van der Waals surface area contributed by atoms with Crippen LogP contribution in [0.15, 0.2) is 36.5 Å². The summed E-state index contributed by atoms with van der Waals surface area (Å²) in [5, 5.41) is 27.7. The Morgan fingerprint density at radius 2 is 2.18 bits per heavy atom. The zero-order valence-electron chi connectivity index (χ0n) is 19.5. The quantitative estimate of drug-likeness (QED) is 0.296. The van der Waals surface area contributed by atoms with Gasteiger partial charge in [0.25, 0.3) is 0 Å². The molecule has 1 saturated heterocycles. The summed E-state index contributed by atoms with van der Waals surface area (Å²) in [5.41, 5.74) is 3.57. The number of piperidine rings is 1. The molecule has 1 aromatic carbocycles. The number of rotatable bonds is 9. The minimum absolute atomic E-state index is 0.0842. The molecule has 2 atom stereocenters. The number of β-amino-alcohol motifs (C(OH)–C–C–N with tert-alkyl or cyclic N) is 1. The van der Waals surface area contributed by atoms with Crippen LogP contribution in [0.2, 0.25) is 0 Å². The van der Waals surface area contributed by atoms with Gasteiger partial charge < -0.3 is 26.4 Å². The van der Waals surface area contributed by atoms with Crippen molar-refractivity contribution in [1.29, 1.82) is 0 Å². The summed E-state index contributed by atoms with van der Waals surface area (Å²) >= 11 is 5.60. The Kier molecular flexibility index (Phi) is 7.87. The molecular formula is C24H32ClN7O2. The highest BCUT2D eigenvalue weighted by atomic mass is 35.5. The summed E-state index contributed by atoms with van der Waals surface area (Å²) in [7, 11) is 0. The summed E-state index contributed by atoms with van der Waals surface area (Å²) in [5.74, 6) is 1.68. The largest absolute Gasteiger partial charge is 0.391 e. The first-order valence-electron chi connectivity index (χ1n) is 11.6. The van der Waals surface area contributed by atoms with Crippen LogP contribution in [0.4, 0.5) is 17.3 Å². The third-order valence-electron chi connectivity index (χ3n) is 6.06. The number of anilines is 3. The normalized spacial score (nSPS) is 18.3. The lowest BCUT2D eigenvalue weighted by atomic mass is 9.95. The van der Waals surface area contributed by atoms with Crippen molar-refractivity contribution in [2.24, 2.45) is 5.92 Å². The molecule has 0 unspecified atom stereocenters. The van der Waals surface area contributed by atoms with Crippen LogP contribution in [0.25, 0.3) is 5.65 Å². The molecule has 34 heavy (non-hydrogen) atoms. The molecule has 182 valence electrons. The summed E-state index contributed by atoms with van der Waals surface area (Å²) in [4.78, 5) is 16.4. The van der Waals surface area contributed by atoms with Crippen LogP contribution in [0.1, 0.15) is 37.3 Å². The average Bonchev–Trinajstić information content (AvgIpc) is 3.27. The SMILES string of the molecule is CC(C)c1cnn2c(NCc3cccc(NC(=O)CCl)c3)cc(NC[C@H]3CCNC[C@@H]3O)nc12. The van der Waals surface area contributed by atoms with E-state index in [1.807, 2.05) is 41.0 Å². The van der Waals surface area contributed by atoms with Crippen molar-refractivity contribution in [2.75, 3.05) is 41.5 Å². The standard InChI is InChI=1S/C24H32ClN7O2/c1-15(2)19-13-29-32-22(28-11-16-4-3-5-18(8-16)30-23(34)10-25)9-21(31-24(19)32)27-12-17-6-7-26-14-20(17)33/h3-5,8-9,13,15,17,20,26,28,33H,6-7,10-12,14H2,1-2H3,(H,27,31)(H,30,34)/t17-,20+/m1/s1. The molecule has 3 heterocycles. The lowest BCUT2D eigenvalue weighted by Crippen LogP contribution is -2.43. The first-order valence-corrected chi connectivity index (χ1v) is 12.2. The lowest BCUT2D eigenvalue weighted by molar-refractivity contribution is -0.113. The Hall–Kier alpha value is -2.88. The van der Waals surface area contributed by atoms with E-state index in [1.165, 1.54) is 0 Å². The molecule has 10 heteroatoms. The van der Waals surface area contributed by atoms with Crippen LogP contribution in [0, 0.1) is 5.92 Å². The van der Waals surface area contributed by atoms with Gasteiger partial charge in [-0.3, -0.25) is 4.79 Å². The van der Waals surface area contributed by atoms with E-state index in [0.29, 0.717) is 25.3 Å². The van der Waals surface area contributed by atoms with Crippen LogP contribution in [0.3, 0.4) is 0 Å². The summed E-state index contributed by atoms with van der Waals surface area (Å²) in [6.45, 7) is 6.96. The van der Waals surface area contributed by atoms with Crippen LogP contribution >= 0.6 is 11.6 Å². The Balaban J connectivity index is 1.55.